The molecule has 0 amide bonds. The van der Waals surface area contributed by atoms with Gasteiger partial charge in [-0.3, -0.25) is 0 Å². The van der Waals surface area contributed by atoms with Crippen molar-refractivity contribution in [1.82, 2.24) is 5.32 Å². The zero-order chi connectivity index (χ0) is 14.9. The van der Waals surface area contributed by atoms with Crippen LogP contribution in [0.1, 0.15) is 37.0 Å². The van der Waals surface area contributed by atoms with Crippen LogP contribution in [0.5, 0.6) is 5.75 Å². The van der Waals surface area contributed by atoms with Crippen LogP contribution in [0.25, 0.3) is 0 Å². The van der Waals surface area contributed by atoms with Gasteiger partial charge < -0.3 is 10.1 Å². The first-order chi connectivity index (χ1) is 10.3. The third-order valence-electron chi connectivity index (χ3n) is 3.58. The lowest BCUT2D eigenvalue weighted by molar-refractivity contribution is 0.205. The van der Waals surface area contributed by atoms with Gasteiger partial charge in [-0.05, 0) is 43.1 Å². The van der Waals surface area contributed by atoms with Crippen LogP contribution in [0.4, 0.5) is 0 Å². The number of unbranched alkanes of at least 4 members (excludes halogenated alkanes) is 1. The van der Waals surface area contributed by atoms with E-state index in [4.69, 9.17) is 4.74 Å². The van der Waals surface area contributed by atoms with Crippen LogP contribution in [0.3, 0.4) is 0 Å². The molecule has 0 aliphatic heterocycles. The fourth-order valence-corrected chi connectivity index (χ4v) is 2.36. The topological polar surface area (TPSA) is 21.3 Å². The molecule has 0 saturated heterocycles. The van der Waals surface area contributed by atoms with Gasteiger partial charge in [-0.2, -0.15) is 0 Å². The zero-order valence-corrected chi connectivity index (χ0v) is 13.0. The molecule has 0 spiro atoms. The van der Waals surface area contributed by atoms with Crippen molar-refractivity contribution >= 4 is 0 Å². The van der Waals surface area contributed by atoms with E-state index in [0.29, 0.717) is 0 Å². The Morgan fingerprint density at radius 2 is 1.71 bits per heavy atom. The second kappa shape index (κ2) is 8.48. The van der Waals surface area contributed by atoms with E-state index in [-0.39, 0.29) is 6.10 Å². The molecule has 0 aromatic heterocycles. The molecular formula is C19H25NO. The van der Waals surface area contributed by atoms with Gasteiger partial charge in [-0.1, -0.05) is 55.8 Å². The minimum Gasteiger partial charge on any atom is -0.484 e. The van der Waals surface area contributed by atoms with E-state index in [9.17, 15) is 0 Å². The van der Waals surface area contributed by atoms with E-state index >= 15 is 0 Å². The van der Waals surface area contributed by atoms with Gasteiger partial charge in [0.05, 0.1) is 0 Å². The summed E-state index contributed by atoms with van der Waals surface area (Å²) in [6.45, 7) is 3.02. The summed E-state index contributed by atoms with van der Waals surface area (Å²) in [6, 6.07) is 18.9. The molecule has 0 aliphatic rings. The van der Waals surface area contributed by atoms with Crippen LogP contribution < -0.4 is 10.1 Å². The van der Waals surface area contributed by atoms with Crippen molar-refractivity contribution in [2.45, 2.75) is 32.3 Å². The van der Waals surface area contributed by atoms with Gasteiger partial charge in [0.1, 0.15) is 11.9 Å². The maximum absolute atomic E-state index is 6.14. The van der Waals surface area contributed by atoms with Crippen molar-refractivity contribution in [3.8, 4) is 5.75 Å². The van der Waals surface area contributed by atoms with Gasteiger partial charge in [-0.15, -0.1) is 0 Å². The highest BCUT2D eigenvalue weighted by molar-refractivity contribution is 5.29. The van der Waals surface area contributed by atoms with Gasteiger partial charge >= 0.3 is 0 Å². The lowest BCUT2D eigenvalue weighted by Gasteiger charge is -2.19. The second-order valence-electron chi connectivity index (χ2n) is 5.32. The minimum atomic E-state index is 0.0395. The number of hydrogen-bond donors (Lipinski definition) is 1. The first kappa shape index (κ1) is 15.6. The molecule has 0 saturated carbocycles. The molecule has 0 aliphatic carbocycles. The number of nitrogens with one attached hydrogen (secondary N) is 1. The van der Waals surface area contributed by atoms with E-state index < -0.39 is 0 Å². The molecule has 0 radical (unpaired) electrons. The van der Waals surface area contributed by atoms with Gasteiger partial charge in [0, 0.05) is 6.54 Å². The largest absolute Gasteiger partial charge is 0.484 e. The molecule has 2 heteroatoms. The zero-order valence-electron chi connectivity index (χ0n) is 13.0. The summed E-state index contributed by atoms with van der Waals surface area (Å²) in [5.41, 5.74) is 2.58. The van der Waals surface area contributed by atoms with Crippen molar-refractivity contribution in [3.05, 3.63) is 65.7 Å². The van der Waals surface area contributed by atoms with Gasteiger partial charge in [0.25, 0.3) is 0 Å². The SMILES string of the molecule is CCCCc1ccc(OC(CNC)c2ccccc2)cc1. The molecule has 2 aromatic rings. The van der Waals surface area contributed by atoms with Crippen LogP contribution >= 0.6 is 0 Å². The Morgan fingerprint density at radius 1 is 1.00 bits per heavy atom. The van der Waals surface area contributed by atoms with Gasteiger partial charge in [0.15, 0.2) is 0 Å². The molecule has 1 atom stereocenters. The molecule has 0 bridgehead atoms. The van der Waals surface area contributed by atoms with Crippen LogP contribution in [0.2, 0.25) is 0 Å². The van der Waals surface area contributed by atoms with Gasteiger partial charge in [-0.25, -0.2) is 0 Å². The predicted molar refractivity (Wildman–Crippen MR) is 88.8 cm³/mol. The Bertz CT molecular complexity index is 507. The monoisotopic (exact) mass is 283 g/mol. The number of aryl methyl sites for hydroxylation is 1. The Hall–Kier alpha value is -1.80. The summed E-state index contributed by atoms with van der Waals surface area (Å²) in [7, 11) is 1.95. The summed E-state index contributed by atoms with van der Waals surface area (Å²) in [5.74, 6) is 0.930. The highest BCUT2D eigenvalue weighted by Crippen LogP contribution is 2.22. The van der Waals surface area contributed by atoms with Crippen molar-refractivity contribution in [3.63, 3.8) is 0 Å². The van der Waals surface area contributed by atoms with Crippen molar-refractivity contribution in [2.75, 3.05) is 13.6 Å². The number of rotatable bonds is 8. The molecule has 2 aromatic carbocycles. The van der Waals surface area contributed by atoms with Crippen molar-refractivity contribution < 1.29 is 4.74 Å². The summed E-state index contributed by atoms with van der Waals surface area (Å²) in [4.78, 5) is 0. The first-order valence-electron chi connectivity index (χ1n) is 7.78. The second-order valence-corrected chi connectivity index (χ2v) is 5.32. The van der Waals surface area contributed by atoms with Crippen LogP contribution in [-0.2, 0) is 6.42 Å². The number of ether oxygens (including phenoxy) is 1. The first-order valence-corrected chi connectivity index (χ1v) is 7.78. The lowest BCUT2D eigenvalue weighted by Crippen LogP contribution is -2.21. The molecule has 112 valence electrons. The Labute approximate surface area is 128 Å². The quantitative estimate of drug-likeness (QED) is 0.777. The molecule has 21 heavy (non-hydrogen) atoms. The summed E-state index contributed by atoms with van der Waals surface area (Å²) in [6.07, 6.45) is 3.66. The normalized spacial score (nSPS) is 12.1. The van der Waals surface area contributed by atoms with Crippen molar-refractivity contribution in [1.29, 1.82) is 0 Å². The van der Waals surface area contributed by atoms with Gasteiger partial charge in [0.2, 0.25) is 0 Å². The van der Waals surface area contributed by atoms with E-state index in [0.717, 1.165) is 18.7 Å². The number of benzene rings is 2. The molecular weight excluding hydrogens is 258 g/mol. The van der Waals surface area contributed by atoms with Crippen molar-refractivity contribution in [2.24, 2.45) is 0 Å². The standard InChI is InChI=1S/C19H25NO/c1-3-4-8-16-11-13-18(14-12-16)21-19(15-20-2)17-9-6-5-7-10-17/h5-7,9-14,19-20H,3-4,8,15H2,1-2H3. The van der Waals surface area contributed by atoms with Crippen LogP contribution in [-0.4, -0.2) is 13.6 Å². The Morgan fingerprint density at radius 3 is 2.33 bits per heavy atom. The molecule has 2 rings (SSSR count). The van der Waals surface area contributed by atoms with E-state index in [1.807, 2.05) is 13.1 Å². The third kappa shape index (κ3) is 4.91. The number of hydrogen-bond acceptors (Lipinski definition) is 2. The fraction of sp³-hybridized carbons (Fsp3) is 0.368. The van der Waals surface area contributed by atoms with E-state index in [1.165, 1.54) is 24.0 Å². The smallest absolute Gasteiger partial charge is 0.136 e. The summed E-state index contributed by atoms with van der Waals surface area (Å²) in [5, 5.41) is 3.20. The predicted octanol–water partition coefficient (Wildman–Crippen LogP) is 4.37. The van der Waals surface area contributed by atoms with Crippen LogP contribution in [0, 0.1) is 0 Å². The van der Waals surface area contributed by atoms with Crippen LogP contribution in [0.15, 0.2) is 54.6 Å². The number of likely N-dealkylation sites (N-methyl/N-ethyl adjacent to an activating group) is 1. The summed E-state index contributed by atoms with van der Waals surface area (Å²) >= 11 is 0. The summed E-state index contributed by atoms with van der Waals surface area (Å²) < 4.78 is 6.14. The lowest BCUT2D eigenvalue weighted by atomic mass is 10.1. The highest BCUT2D eigenvalue weighted by atomic mass is 16.5. The maximum Gasteiger partial charge on any atom is 0.136 e. The average molecular weight is 283 g/mol. The maximum atomic E-state index is 6.14. The average Bonchev–Trinajstić information content (AvgIpc) is 2.54. The minimum absolute atomic E-state index is 0.0395. The third-order valence-corrected chi connectivity index (χ3v) is 3.58. The van der Waals surface area contributed by atoms with E-state index in [2.05, 4.69) is 60.8 Å². The highest BCUT2D eigenvalue weighted by Gasteiger charge is 2.12. The fourth-order valence-electron chi connectivity index (χ4n) is 2.36. The van der Waals surface area contributed by atoms with E-state index in [1.54, 1.807) is 0 Å². The molecule has 1 N–H and O–H groups in total. The molecule has 0 fully saturated rings. The molecule has 0 heterocycles. The molecule has 2 nitrogen and oxygen atoms in total. The Kier molecular flexibility index (Phi) is 6.29. The Balaban J connectivity index is 2.03. The molecule has 1 unspecified atom stereocenters.